The number of allylic oxidation sites excluding steroid dienone is 8. The average molecular weight is 940 g/mol. The summed E-state index contributed by atoms with van der Waals surface area (Å²) in [6, 6.07) is 0. The topological polar surface area (TPSA) is 78.9 Å². The number of hydrogen-bond acceptors (Lipinski definition) is 6. The quantitative estimate of drug-likeness (QED) is 0.0262. The zero-order chi connectivity index (χ0) is 48.6. The van der Waals surface area contributed by atoms with Gasteiger partial charge in [0.2, 0.25) is 0 Å². The molecule has 6 nitrogen and oxygen atoms in total. The van der Waals surface area contributed by atoms with Gasteiger partial charge in [-0.2, -0.15) is 0 Å². The Bertz CT molecular complexity index is 1170. The highest BCUT2D eigenvalue weighted by atomic mass is 16.6. The lowest BCUT2D eigenvalue weighted by molar-refractivity contribution is -0.167. The molecule has 0 aromatic heterocycles. The van der Waals surface area contributed by atoms with E-state index in [-0.39, 0.29) is 37.5 Å². The fraction of sp³-hybridized carbons (Fsp3) is 0.820. The van der Waals surface area contributed by atoms with Crippen LogP contribution in [0.2, 0.25) is 0 Å². The van der Waals surface area contributed by atoms with Crippen LogP contribution in [0.25, 0.3) is 0 Å². The number of carbonyl (C=O) groups excluding carboxylic acids is 3. The van der Waals surface area contributed by atoms with Crippen LogP contribution >= 0.6 is 0 Å². The lowest BCUT2D eigenvalue weighted by Gasteiger charge is -2.18. The third-order valence-corrected chi connectivity index (χ3v) is 12.8. The SMILES string of the molecule is CCCC/C=C\CCCCCCCC(=O)O[C@H](COC(=O)CCC/C=C\C/C=C\C/C=C\CCCCCCCC)COC(=O)CCCCCCCCCCCCCCCCCCCCCCC. The standard InChI is InChI=1S/C61H110O6/c1-4-7-10-13-16-19-22-24-26-28-29-30-31-33-35-37-40-42-45-48-51-54-60(63)66-57-58(67-61(64)55-52-49-46-43-38-21-18-15-12-9-6-3)56-65-59(62)53-50-47-44-41-39-36-34-32-27-25-23-20-17-14-11-8-5-2/h15,18,25,27,34,36,41,44,58H,4-14,16-17,19-24,26,28-33,35,37-40,42-43,45-57H2,1-3H3/b18-15-,27-25-,36-34-,44-41-/t58-/m1/s1. The van der Waals surface area contributed by atoms with E-state index < -0.39 is 6.10 Å². The third kappa shape index (κ3) is 54.2. The zero-order valence-corrected chi connectivity index (χ0v) is 44.7. The maximum atomic E-state index is 12.8. The van der Waals surface area contributed by atoms with E-state index in [9.17, 15) is 14.4 Å². The summed E-state index contributed by atoms with van der Waals surface area (Å²) in [6.07, 6.45) is 68.3. The Morgan fingerprint density at radius 1 is 0.299 bits per heavy atom. The number of carbonyl (C=O) groups is 3. The maximum Gasteiger partial charge on any atom is 0.306 e. The summed E-state index contributed by atoms with van der Waals surface area (Å²) >= 11 is 0. The molecule has 0 aliphatic rings. The first-order chi connectivity index (χ1) is 33.0. The minimum absolute atomic E-state index is 0.0892. The van der Waals surface area contributed by atoms with Gasteiger partial charge in [0.15, 0.2) is 6.10 Å². The van der Waals surface area contributed by atoms with Crippen molar-refractivity contribution in [3.8, 4) is 0 Å². The molecular formula is C61H110O6. The molecule has 0 bridgehead atoms. The van der Waals surface area contributed by atoms with Gasteiger partial charge in [0.05, 0.1) is 0 Å². The third-order valence-electron chi connectivity index (χ3n) is 12.8. The Morgan fingerprint density at radius 3 is 0.955 bits per heavy atom. The van der Waals surface area contributed by atoms with Crippen LogP contribution in [-0.2, 0) is 28.6 Å². The molecule has 0 saturated carbocycles. The van der Waals surface area contributed by atoms with Gasteiger partial charge < -0.3 is 14.2 Å². The van der Waals surface area contributed by atoms with E-state index in [1.807, 2.05) is 0 Å². The Morgan fingerprint density at radius 2 is 0.567 bits per heavy atom. The van der Waals surface area contributed by atoms with Crippen LogP contribution in [0.5, 0.6) is 0 Å². The molecule has 1 atom stereocenters. The van der Waals surface area contributed by atoms with Gasteiger partial charge in [-0.05, 0) is 70.6 Å². The van der Waals surface area contributed by atoms with Crippen LogP contribution in [0.1, 0.15) is 303 Å². The van der Waals surface area contributed by atoms with Crippen LogP contribution in [0.4, 0.5) is 0 Å². The predicted molar refractivity (Wildman–Crippen MR) is 289 cm³/mol. The largest absolute Gasteiger partial charge is 0.462 e. The van der Waals surface area contributed by atoms with Crippen LogP contribution in [0.3, 0.4) is 0 Å². The minimum atomic E-state index is -0.795. The molecule has 0 rings (SSSR count). The Balaban J connectivity index is 4.31. The molecule has 390 valence electrons. The second-order valence-corrected chi connectivity index (χ2v) is 19.6. The van der Waals surface area contributed by atoms with Gasteiger partial charge in [-0.1, -0.05) is 262 Å². The highest BCUT2D eigenvalue weighted by Gasteiger charge is 2.19. The van der Waals surface area contributed by atoms with Crippen molar-refractivity contribution in [2.75, 3.05) is 13.2 Å². The van der Waals surface area contributed by atoms with Crippen molar-refractivity contribution in [2.24, 2.45) is 0 Å². The molecule has 0 unspecified atom stereocenters. The molecular weight excluding hydrogens is 829 g/mol. The van der Waals surface area contributed by atoms with Crippen LogP contribution in [0, 0.1) is 0 Å². The Labute approximate surface area is 416 Å². The number of unbranched alkanes of at least 4 members (excludes halogenated alkanes) is 34. The summed E-state index contributed by atoms with van der Waals surface area (Å²) in [4.78, 5) is 38.1. The molecule has 0 aromatic rings. The van der Waals surface area contributed by atoms with Crippen molar-refractivity contribution in [2.45, 2.75) is 309 Å². The lowest BCUT2D eigenvalue weighted by Crippen LogP contribution is -2.30. The molecule has 0 heterocycles. The van der Waals surface area contributed by atoms with Crippen LogP contribution < -0.4 is 0 Å². The second-order valence-electron chi connectivity index (χ2n) is 19.6. The van der Waals surface area contributed by atoms with Gasteiger partial charge in [-0.25, -0.2) is 0 Å². The molecule has 0 aliphatic carbocycles. The van der Waals surface area contributed by atoms with Crippen molar-refractivity contribution in [3.63, 3.8) is 0 Å². The highest BCUT2D eigenvalue weighted by molar-refractivity contribution is 5.71. The Kier molecular flexibility index (Phi) is 53.8. The molecule has 0 amide bonds. The minimum Gasteiger partial charge on any atom is -0.462 e. The lowest BCUT2D eigenvalue weighted by atomic mass is 10.0. The van der Waals surface area contributed by atoms with Crippen molar-refractivity contribution in [1.29, 1.82) is 0 Å². The molecule has 0 saturated heterocycles. The summed E-state index contributed by atoms with van der Waals surface area (Å²) < 4.78 is 16.8. The first kappa shape index (κ1) is 64.4. The number of ether oxygens (including phenoxy) is 3. The fourth-order valence-corrected chi connectivity index (χ4v) is 8.38. The van der Waals surface area contributed by atoms with Crippen LogP contribution in [-0.4, -0.2) is 37.2 Å². The normalized spacial score (nSPS) is 12.3. The summed E-state index contributed by atoms with van der Waals surface area (Å²) in [7, 11) is 0. The van der Waals surface area contributed by atoms with E-state index in [0.29, 0.717) is 19.3 Å². The molecule has 0 radical (unpaired) electrons. The van der Waals surface area contributed by atoms with Gasteiger partial charge in [-0.15, -0.1) is 0 Å². The summed E-state index contributed by atoms with van der Waals surface area (Å²) in [5.74, 6) is -0.941. The summed E-state index contributed by atoms with van der Waals surface area (Å²) in [5.41, 5.74) is 0. The summed E-state index contributed by atoms with van der Waals surface area (Å²) in [6.45, 7) is 6.58. The van der Waals surface area contributed by atoms with Crippen molar-refractivity contribution < 1.29 is 28.6 Å². The molecule has 67 heavy (non-hydrogen) atoms. The van der Waals surface area contributed by atoms with Crippen molar-refractivity contribution in [3.05, 3.63) is 48.6 Å². The maximum absolute atomic E-state index is 12.8. The number of hydrogen-bond donors (Lipinski definition) is 0. The molecule has 0 aromatic carbocycles. The number of esters is 3. The van der Waals surface area contributed by atoms with Gasteiger partial charge in [0.1, 0.15) is 13.2 Å². The van der Waals surface area contributed by atoms with E-state index in [1.165, 1.54) is 186 Å². The molecule has 0 fully saturated rings. The highest BCUT2D eigenvalue weighted by Crippen LogP contribution is 2.16. The smallest absolute Gasteiger partial charge is 0.306 e. The Hall–Kier alpha value is -2.63. The molecule has 0 aliphatic heterocycles. The van der Waals surface area contributed by atoms with Gasteiger partial charge in [0, 0.05) is 19.3 Å². The average Bonchev–Trinajstić information content (AvgIpc) is 3.33. The first-order valence-corrected chi connectivity index (χ1v) is 29.1. The van der Waals surface area contributed by atoms with E-state index in [0.717, 1.165) is 70.6 Å². The number of rotatable bonds is 53. The molecule has 0 N–H and O–H groups in total. The van der Waals surface area contributed by atoms with Crippen molar-refractivity contribution >= 4 is 17.9 Å². The molecule has 0 spiro atoms. The predicted octanol–water partition coefficient (Wildman–Crippen LogP) is 19.4. The van der Waals surface area contributed by atoms with E-state index in [4.69, 9.17) is 14.2 Å². The zero-order valence-electron chi connectivity index (χ0n) is 44.7. The van der Waals surface area contributed by atoms with Gasteiger partial charge in [0.25, 0.3) is 0 Å². The van der Waals surface area contributed by atoms with Crippen molar-refractivity contribution in [1.82, 2.24) is 0 Å². The van der Waals surface area contributed by atoms with E-state index in [2.05, 4.69) is 69.4 Å². The van der Waals surface area contributed by atoms with E-state index in [1.54, 1.807) is 0 Å². The van der Waals surface area contributed by atoms with Gasteiger partial charge in [-0.3, -0.25) is 14.4 Å². The monoisotopic (exact) mass is 939 g/mol. The second kappa shape index (κ2) is 56.0. The molecule has 6 heteroatoms. The van der Waals surface area contributed by atoms with Crippen LogP contribution in [0.15, 0.2) is 48.6 Å². The van der Waals surface area contributed by atoms with Gasteiger partial charge >= 0.3 is 17.9 Å². The van der Waals surface area contributed by atoms with E-state index >= 15 is 0 Å². The summed E-state index contributed by atoms with van der Waals surface area (Å²) in [5, 5.41) is 0. The fourth-order valence-electron chi connectivity index (χ4n) is 8.38. The first-order valence-electron chi connectivity index (χ1n) is 29.1.